The summed E-state index contributed by atoms with van der Waals surface area (Å²) < 4.78 is 16.5. The molecule has 0 bridgehead atoms. The highest BCUT2D eigenvalue weighted by Gasteiger charge is 2.40. The summed E-state index contributed by atoms with van der Waals surface area (Å²) >= 11 is 0. The molecule has 0 saturated carbocycles. The zero-order chi connectivity index (χ0) is 13.3. The smallest absolute Gasteiger partial charge is 0.161 e. The van der Waals surface area contributed by atoms with E-state index < -0.39 is 0 Å². The van der Waals surface area contributed by atoms with E-state index in [1.165, 1.54) is 5.56 Å². The van der Waals surface area contributed by atoms with Crippen LogP contribution in [0.1, 0.15) is 25.3 Å². The molecule has 2 heterocycles. The van der Waals surface area contributed by atoms with Crippen molar-refractivity contribution >= 4 is 5.78 Å². The fourth-order valence-corrected chi connectivity index (χ4v) is 2.59. The van der Waals surface area contributed by atoms with Gasteiger partial charge in [-0.15, -0.1) is 0 Å². The van der Waals surface area contributed by atoms with Crippen LogP contribution in [0.4, 0.5) is 0 Å². The van der Waals surface area contributed by atoms with Gasteiger partial charge in [0, 0.05) is 11.8 Å². The number of hydrogen-bond donors (Lipinski definition) is 0. The second-order valence-electron chi connectivity index (χ2n) is 5.33. The molecule has 19 heavy (non-hydrogen) atoms. The van der Waals surface area contributed by atoms with E-state index in [-0.39, 0.29) is 11.2 Å². The number of fused-ring (bicyclic) bond motifs is 1. The second-order valence-corrected chi connectivity index (χ2v) is 5.33. The third-order valence-corrected chi connectivity index (χ3v) is 3.87. The number of hydrogen-bond acceptors (Lipinski definition) is 4. The normalized spacial score (nSPS) is 19.6. The summed E-state index contributed by atoms with van der Waals surface area (Å²) in [7, 11) is 0. The van der Waals surface area contributed by atoms with E-state index in [0.29, 0.717) is 32.8 Å². The summed E-state index contributed by atoms with van der Waals surface area (Å²) in [5, 5.41) is 0. The molecule has 0 radical (unpaired) electrons. The van der Waals surface area contributed by atoms with Gasteiger partial charge in [0.05, 0.1) is 13.2 Å². The molecule has 1 saturated heterocycles. The molecule has 4 heteroatoms. The lowest BCUT2D eigenvalue weighted by atomic mass is 9.74. The third-order valence-electron chi connectivity index (χ3n) is 3.87. The number of Topliss-reactive ketones (excluding diaryl/α,β-unsaturated/α-hetero) is 1. The molecule has 0 aromatic heterocycles. The molecule has 0 spiro atoms. The standard InChI is InChI=1S/C15H18O4/c1-11(16)4-5-15(9-17-10-15)12-2-3-13-14(8-12)19-7-6-18-13/h2-3,8H,4-7,9-10H2,1H3. The maximum Gasteiger partial charge on any atom is 0.161 e. The van der Waals surface area contributed by atoms with E-state index >= 15 is 0 Å². The summed E-state index contributed by atoms with van der Waals surface area (Å²) in [5.41, 5.74) is 1.16. The lowest BCUT2D eigenvalue weighted by molar-refractivity contribution is -0.119. The average molecular weight is 262 g/mol. The summed E-state index contributed by atoms with van der Waals surface area (Å²) in [6.45, 7) is 4.19. The van der Waals surface area contributed by atoms with E-state index in [1.54, 1.807) is 6.92 Å². The van der Waals surface area contributed by atoms with Crippen molar-refractivity contribution in [3.63, 3.8) is 0 Å². The van der Waals surface area contributed by atoms with Crippen molar-refractivity contribution in [1.82, 2.24) is 0 Å². The Hall–Kier alpha value is -1.55. The maximum atomic E-state index is 11.2. The van der Waals surface area contributed by atoms with Crippen LogP contribution in [-0.2, 0) is 14.9 Å². The Bertz CT molecular complexity index is 491. The number of ether oxygens (including phenoxy) is 3. The van der Waals surface area contributed by atoms with Crippen molar-refractivity contribution in [3.8, 4) is 11.5 Å². The van der Waals surface area contributed by atoms with Crippen LogP contribution in [0.25, 0.3) is 0 Å². The van der Waals surface area contributed by atoms with Gasteiger partial charge in [-0.25, -0.2) is 0 Å². The van der Waals surface area contributed by atoms with Crippen LogP contribution in [0.3, 0.4) is 0 Å². The van der Waals surface area contributed by atoms with Crippen molar-refractivity contribution in [2.75, 3.05) is 26.4 Å². The zero-order valence-corrected chi connectivity index (χ0v) is 11.1. The lowest BCUT2D eigenvalue weighted by Gasteiger charge is -2.42. The maximum absolute atomic E-state index is 11.2. The van der Waals surface area contributed by atoms with Crippen molar-refractivity contribution in [3.05, 3.63) is 23.8 Å². The molecule has 1 aromatic carbocycles. The molecule has 3 rings (SSSR count). The molecule has 0 unspecified atom stereocenters. The first-order valence-corrected chi connectivity index (χ1v) is 6.67. The topological polar surface area (TPSA) is 44.8 Å². The van der Waals surface area contributed by atoms with Crippen molar-refractivity contribution in [2.24, 2.45) is 0 Å². The van der Waals surface area contributed by atoms with Gasteiger partial charge in [-0.05, 0) is 31.0 Å². The van der Waals surface area contributed by atoms with Gasteiger partial charge in [-0.2, -0.15) is 0 Å². The van der Waals surface area contributed by atoms with Crippen LogP contribution in [0.2, 0.25) is 0 Å². The van der Waals surface area contributed by atoms with Gasteiger partial charge in [-0.1, -0.05) is 6.07 Å². The number of rotatable bonds is 4. The van der Waals surface area contributed by atoms with Crippen LogP contribution >= 0.6 is 0 Å². The predicted molar refractivity (Wildman–Crippen MR) is 69.8 cm³/mol. The zero-order valence-electron chi connectivity index (χ0n) is 11.1. The van der Waals surface area contributed by atoms with Crippen LogP contribution < -0.4 is 9.47 Å². The Kier molecular flexibility index (Phi) is 3.19. The first-order valence-electron chi connectivity index (χ1n) is 6.67. The molecule has 4 nitrogen and oxygen atoms in total. The van der Waals surface area contributed by atoms with Crippen molar-refractivity contribution < 1.29 is 19.0 Å². The minimum absolute atomic E-state index is 0.0263. The molecule has 0 N–H and O–H groups in total. The first kappa shape index (κ1) is 12.5. The van der Waals surface area contributed by atoms with Gasteiger partial charge in [0.1, 0.15) is 19.0 Å². The molecule has 0 amide bonds. The fraction of sp³-hybridized carbons (Fsp3) is 0.533. The first-order chi connectivity index (χ1) is 9.20. The molecular formula is C15H18O4. The Balaban J connectivity index is 1.85. The number of benzene rings is 1. The second kappa shape index (κ2) is 4.85. The summed E-state index contributed by atoms with van der Waals surface area (Å²) in [6.07, 6.45) is 1.43. The fourth-order valence-electron chi connectivity index (χ4n) is 2.59. The summed E-state index contributed by atoms with van der Waals surface area (Å²) in [5.74, 6) is 1.83. The summed E-state index contributed by atoms with van der Waals surface area (Å²) in [6, 6.07) is 6.06. The van der Waals surface area contributed by atoms with E-state index in [4.69, 9.17) is 14.2 Å². The summed E-state index contributed by atoms with van der Waals surface area (Å²) in [4.78, 5) is 11.2. The monoisotopic (exact) mass is 262 g/mol. The molecule has 0 atom stereocenters. The van der Waals surface area contributed by atoms with E-state index in [2.05, 4.69) is 6.07 Å². The van der Waals surface area contributed by atoms with Gasteiger partial charge >= 0.3 is 0 Å². The lowest BCUT2D eigenvalue weighted by Crippen LogP contribution is -2.47. The van der Waals surface area contributed by atoms with Crippen molar-refractivity contribution in [1.29, 1.82) is 0 Å². The minimum atomic E-state index is -0.0263. The average Bonchev–Trinajstić information content (AvgIpc) is 2.37. The molecule has 102 valence electrons. The SMILES string of the molecule is CC(=O)CCC1(c2ccc3c(c2)OCCO3)COC1. The highest BCUT2D eigenvalue weighted by atomic mass is 16.6. The molecule has 1 aromatic rings. The van der Waals surface area contributed by atoms with Crippen LogP contribution in [0.5, 0.6) is 11.5 Å². The largest absolute Gasteiger partial charge is 0.486 e. The molecule has 0 aliphatic carbocycles. The van der Waals surface area contributed by atoms with E-state index in [9.17, 15) is 4.79 Å². The molecular weight excluding hydrogens is 244 g/mol. The molecule has 2 aliphatic rings. The highest BCUT2D eigenvalue weighted by Crippen LogP contribution is 2.41. The van der Waals surface area contributed by atoms with Gasteiger partial charge in [0.2, 0.25) is 0 Å². The molecule has 1 fully saturated rings. The van der Waals surface area contributed by atoms with Gasteiger partial charge in [0.15, 0.2) is 11.5 Å². The van der Waals surface area contributed by atoms with Crippen LogP contribution in [0.15, 0.2) is 18.2 Å². The van der Waals surface area contributed by atoms with Crippen molar-refractivity contribution in [2.45, 2.75) is 25.2 Å². The van der Waals surface area contributed by atoms with Crippen LogP contribution in [0, 0.1) is 0 Å². The number of carbonyl (C=O) groups is 1. The Morgan fingerprint density at radius 2 is 1.95 bits per heavy atom. The van der Waals surface area contributed by atoms with Gasteiger partial charge in [0.25, 0.3) is 0 Å². The van der Waals surface area contributed by atoms with Gasteiger partial charge < -0.3 is 19.0 Å². The Morgan fingerprint density at radius 1 is 1.21 bits per heavy atom. The highest BCUT2D eigenvalue weighted by molar-refractivity contribution is 5.75. The van der Waals surface area contributed by atoms with Gasteiger partial charge in [-0.3, -0.25) is 0 Å². The Labute approximate surface area is 112 Å². The van der Waals surface area contributed by atoms with E-state index in [1.807, 2.05) is 12.1 Å². The van der Waals surface area contributed by atoms with E-state index in [0.717, 1.165) is 17.9 Å². The Morgan fingerprint density at radius 3 is 2.58 bits per heavy atom. The minimum Gasteiger partial charge on any atom is -0.486 e. The number of ketones is 1. The number of carbonyl (C=O) groups excluding carboxylic acids is 1. The third kappa shape index (κ3) is 2.32. The van der Waals surface area contributed by atoms with Crippen LogP contribution in [-0.4, -0.2) is 32.2 Å². The quantitative estimate of drug-likeness (QED) is 0.833. The predicted octanol–water partition coefficient (Wildman–Crippen LogP) is 2.09. The molecule has 2 aliphatic heterocycles.